The summed E-state index contributed by atoms with van der Waals surface area (Å²) in [6.45, 7) is 8.37. The summed E-state index contributed by atoms with van der Waals surface area (Å²) in [7, 11) is 0. The van der Waals surface area contributed by atoms with Crippen LogP contribution < -0.4 is 5.32 Å². The van der Waals surface area contributed by atoms with Gasteiger partial charge in [-0.1, -0.05) is 27.2 Å². The first kappa shape index (κ1) is 15.0. The van der Waals surface area contributed by atoms with Crippen molar-refractivity contribution in [3.05, 3.63) is 0 Å². The lowest BCUT2D eigenvalue weighted by molar-refractivity contribution is 0.227. The van der Waals surface area contributed by atoms with Gasteiger partial charge in [-0.05, 0) is 56.4 Å². The van der Waals surface area contributed by atoms with Gasteiger partial charge in [-0.25, -0.2) is 0 Å². The van der Waals surface area contributed by atoms with Crippen molar-refractivity contribution in [1.82, 2.24) is 5.32 Å². The maximum atomic E-state index is 8.96. The largest absolute Gasteiger partial charge is 0.396 e. The molecule has 1 aliphatic carbocycles. The van der Waals surface area contributed by atoms with Gasteiger partial charge in [0.1, 0.15) is 0 Å². The molecular formula is C15H31NO. The first-order valence-corrected chi connectivity index (χ1v) is 7.38. The molecule has 0 radical (unpaired) electrons. The Morgan fingerprint density at radius 2 is 2.06 bits per heavy atom. The van der Waals surface area contributed by atoms with E-state index in [0.29, 0.717) is 17.9 Å². The van der Waals surface area contributed by atoms with Gasteiger partial charge in [0.05, 0.1) is 0 Å². The summed E-state index contributed by atoms with van der Waals surface area (Å²) in [5.41, 5.74) is 0.557. The molecule has 2 nitrogen and oxygen atoms in total. The van der Waals surface area contributed by atoms with E-state index in [1.54, 1.807) is 0 Å². The molecule has 1 aliphatic rings. The van der Waals surface area contributed by atoms with Crippen molar-refractivity contribution in [3.8, 4) is 0 Å². The van der Waals surface area contributed by atoms with Gasteiger partial charge < -0.3 is 10.4 Å². The van der Waals surface area contributed by atoms with E-state index in [9.17, 15) is 0 Å². The van der Waals surface area contributed by atoms with Crippen LogP contribution in [0.2, 0.25) is 0 Å². The lowest BCUT2D eigenvalue weighted by Crippen LogP contribution is -2.29. The van der Waals surface area contributed by atoms with Crippen LogP contribution in [0.1, 0.15) is 65.7 Å². The summed E-state index contributed by atoms with van der Waals surface area (Å²) in [6, 6.07) is 0.737. The minimum atomic E-state index is 0.331. The molecule has 102 valence electrons. The summed E-state index contributed by atoms with van der Waals surface area (Å²) in [4.78, 5) is 0. The van der Waals surface area contributed by atoms with Crippen molar-refractivity contribution in [2.45, 2.75) is 71.8 Å². The molecule has 0 bridgehead atoms. The fourth-order valence-corrected chi connectivity index (χ4v) is 2.71. The predicted molar refractivity (Wildman–Crippen MR) is 74.1 cm³/mol. The molecule has 0 aliphatic heterocycles. The molecule has 0 aromatic carbocycles. The van der Waals surface area contributed by atoms with E-state index in [1.807, 2.05) is 0 Å². The molecule has 17 heavy (non-hydrogen) atoms. The summed E-state index contributed by atoms with van der Waals surface area (Å²) in [5, 5.41) is 12.7. The van der Waals surface area contributed by atoms with Crippen LogP contribution in [0.3, 0.4) is 0 Å². The Morgan fingerprint density at radius 1 is 1.29 bits per heavy atom. The summed E-state index contributed by atoms with van der Waals surface area (Å²) in [6.07, 6.45) is 9.13. The van der Waals surface area contributed by atoms with Crippen molar-refractivity contribution in [1.29, 1.82) is 0 Å². The number of nitrogens with one attached hydrogen (secondary N) is 1. The molecule has 0 amide bonds. The smallest absolute Gasteiger partial charge is 0.0456 e. The lowest BCUT2D eigenvalue weighted by Gasteiger charge is -2.22. The van der Waals surface area contributed by atoms with Gasteiger partial charge in [-0.2, -0.15) is 0 Å². The maximum absolute atomic E-state index is 8.96. The second-order valence-electron chi connectivity index (χ2n) is 6.68. The normalized spacial score (nSPS) is 26.5. The zero-order valence-electron chi connectivity index (χ0n) is 12.0. The van der Waals surface area contributed by atoms with Gasteiger partial charge >= 0.3 is 0 Å². The summed E-state index contributed by atoms with van der Waals surface area (Å²) in [5.74, 6) is 0.463. The third kappa shape index (κ3) is 6.42. The zero-order valence-corrected chi connectivity index (χ0v) is 12.0. The first-order chi connectivity index (χ1) is 8.03. The van der Waals surface area contributed by atoms with Crippen LogP contribution in [-0.4, -0.2) is 24.3 Å². The van der Waals surface area contributed by atoms with Crippen LogP contribution in [0.25, 0.3) is 0 Å². The van der Waals surface area contributed by atoms with Crippen LogP contribution in [0.5, 0.6) is 0 Å². The molecule has 1 fully saturated rings. The molecule has 0 aromatic rings. The van der Waals surface area contributed by atoms with Crippen molar-refractivity contribution in [2.24, 2.45) is 11.3 Å². The highest BCUT2D eigenvalue weighted by Gasteiger charge is 2.23. The van der Waals surface area contributed by atoms with Gasteiger partial charge in [0.25, 0.3) is 0 Å². The molecule has 1 rings (SSSR count). The predicted octanol–water partition coefficient (Wildman–Crippen LogP) is 3.34. The highest BCUT2D eigenvalue weighted by atomic mass is 16.3. The van der Waals surface area contributed by atoms with Crippen LogP contribution in [-0.2, 0) is 0 Å². The first-order valence-electron chi connectivity index (χ1n) is 7.38. The van der Waals surface area contributed by atoms with Gasteiger partial charge in [0.15, 0.2) is 0 Å². The lowest BCUT2D eigenvalue weighted by atomic mass is 9.85. The average Bonchev–Trinajstić information content (AvgIpc) is 2.46. The number of hydrogen-bond acceptors (Lipinski definition) is 2. The quantitative estimate of drug-likeness (QED) is 0.552. The van der Waals surface area contributed by atoms with Crippen molar-refractivity contribution >= 4 is 0 Å². The van der Waals surface area contributed by atoms with Crippen LogP contribution in [0.15, 0.2) is 0 Å². The van der Waals surface area contributed by atoms with E-state index in [-0.39, 0.29) is 0 Å². The highest BCUT2D eigenvalue weighted by molar-refractivity contribution is 4.79. The molecule has 1 saturated carbocycles. The second kappa shape index (κ2) is 7.38. The molecule has 2 heteroatoms. The van der Waals surface area contributed by atoms with Crippen molar-refractivity contribution in [3.63, 3.8) is 0 Å². The standard InChI is InChI=1S/C15H31NO/c1-13(12-17)6-5-11-16-14-7-4-9-15(2,3)10-8-14/h13-14,16-17H,4-12H2,1-3H3. The number of rotatable bonds is 6. The van der Waals surface area contributed by atoms with Crippen LogP contribution >= 0.6 is 0 Å². The fraction of sp³-hybridized carbons (Fsp3) is 1.00. The zero-order chi connectivity index (χ0) is 12.7. The third-order valence-electron chi connectivity index (χ3n) is 4.19. The fourth-order valence-electron chi connectivity index (χ4n) is 2.71. The summed E-state index contributed by atoms with van der Waals surface area (Å²) < 4.78 is 0. The minimum Gasteiger partial charge on any atom is -0.396 e. The molecular weight excluding hydrogens is 210 g/mol. The van der Waals surface area contributed by atoms with E-state index in [2.05, 4.69) is 26.1 Å². The van der Waals surface area contributed by atoms with Crippen LogP contribution in [0, 0.1) is 11.3 Å². The van der Waals surface area contributed by atoms with Crippen molar-refractivity contribution in [2.75, 3.05) is 13.2 Å². The number of aliphatic hydroxyl groups excluding tert-OH is 1. The highest BCUT2D eigenvalue weighted by Crippen LogP contribution is 2.33. The average molecular weight is 241 g/mol. The third-order valence-corrected chi connectivity index (χ3v) is 4.19. The Labute approximate surface area is 107 Å². The van der Waals surface area contributed by atoms with E-state index in [0.717, 1.165) is 19.0 Å². The van der Waals surface area contributed by atoms with Gasteiger partial charge in [0.2, 0.25) is 0 Å². The van der Waals surface area contributed by atoms with E-state index < -0.39 is 0 Å². The van der Waals surface area contributed by atoms with Gasteiger partial charge in [-0.3, -0.25) is 0 Å². The monoisotopic (exact) mass is 241 g/mol. The van der Waals surface area contributed by atoms with E-state index >= 15 is 0 Å². The Kier molecular flexibility index (Phi) is 6.50. The second-order valence-corrected chi connectivity index (χ2v) is 6.68. The maximum Gasteiger partial charge on any atom is 0.0456 e. The number of aliphatic hydroxyl groups is 1. The van der Waals surface area contributed by atoms with E-state index in [4.69, 9.17) is 5.11 Å². The molecule has 2 atom stereocenters. The topological polar surface area (TPSA) is 32.3 Å². The van der Waals surface area contributed by atoms with Gasteiger partial charge in [-0.15, -0.1) is 0 Å². The molecule has 2 N–H and O–H groups in total. The Hall–Kier alpha value is -0.0800. The Morgan fingerprint density at radius 3 is 2.76 bits per heavy atom. The molecule has 0 heterocycles. The molecule has 2 unspecified atom stereocenters. The van der Waals surface area contributed by atoms with Crippen molar-refractivity contribution < 1.29 is 5.11 Å². The number of hydrogen-bond donors (Lipinski definition) is 2. The van der Waals surface area contributed by atoms with E-state index in [1.165, 1.54) is 38.5 Å². The molecule has 0 spiro atoms. The SMILES string of the molecule is CC(CO)CCCNC1CCCC(C)(C)CC1. The Bertz CT molecular complexity index is 203. The Balaban J connectivity index is 2.11. The molecule has 0 saturated heterocycles. The van der Waals surface area contributed by atoms with Crippen LogP contribution in [0.4, 0.5) is 0 Å². The molecule has 0 aromatic heterocycles. The summed E-state index contributed by atoms with van der Waals surface area (Å²) >= 11 is 0. The van der Waals surface area contributed by atoms with Gasteiger partial charge in [0, 0.05) is 12.6 Å². The minimum absolute atomic E-state index is 0.331.